The number of ether oxygens (including phenoxy) is 1. The first-order valence-electron chi connectivity index (χ1n) is 8.59. The van der Waals surface area contributed by atoms with E-state index in [0.717, 1.165) is 17.3 Å². The Balaban J connectivity index is 1.37. The van der Waals surface area contributed by atoms with Crippen LogP contribution in [0.25, 0.3) is 0 Å². The largest absolute Gasteiger partial charge is 0.484 e. The van der Waals surface area contributed by atoms with E-state index in [1.165, 1.54) is 11.3 Å². The van der Waals surface area contributed by atoms with Crippen molar-refractivity contribution >= 4 is 39.1 Å². The number of carbonyl (C=O) groups excluding carboxylic acids is 2. The number of piperidine rings is 1. The van der Waals surface area contributed by atoms with E-state index in [1.54, 1.807) is 0 Å². The average molecular weight is 437 g/mol. The Morgan fingerprint density at radius 1 is 1.23 bits per heavy atom. The van der Waals surface area contributed by atoms with Crippen molar-refractivity contribution in [1.82, 2.24) is 10.2 Å². The van der Waals surface area contributed by atoms with Gasteiger partial charge in [0.1, 0.15) is 5.75 Å². The lowest BCUT2D eigenvalue weighted by Crippen LogP contribution is -2.43. The topological polar surface area (TPSA) is 58.6 Å². The quantitative estimate of drug-likeness (QED) is 0.752. The van der Waals surface area contributed by atoms with Gasteiger partial charge in [-0.25, -0.2) is 0 Å². The van der Waals surface area contributed by atoms with Gasteiger partial charge >= 0.3 is 0 Å². The maximum atomic E-state index is 12.3. The smallest absolute Gasteiger partial charge is 0.261 e. The number of rotatable bonds is 6. The minimum absolute atomic E-state index is 0.0137. The molecule has 7 heteroatoms. The van der Waals surface area contributed by atoms with Gasteiger partial charge in [-0.05, 0) is 52.9 Å². The summed E-state index contributed by atoms with van der Waals surface area (Å²) in [6.45, 7) is 2.14. The molecule has 1 saturated heterocycles. The number of nitrogens with zero attached hydrogens (tertiary/aromatic N) is 1. The van der Waals surface area contributed by atoms with E-state index < -0.39 is 0 Å². The Labute approximate surface area is 165 Å². The molecule has 1 aliphatic rings. The molecule has 2 heterocycles. The molecule has 138 valence electrons. The predicted molar refractivity (Wildman–Crippen MR) is 106 cm³/mol. The van der Waals surface area contributed by atoms with Crippen LogP contribution in [0.2, 0.25) is 0 Å². The fraction of sp³-hybridized carbons (Fsp3) is 0.368. The molecule has 0 atom stereocenters. The van der Waals surface area contributed by atoms with Gasteiger partial charge in [0.2, 0.25) is 0 Å². The molecule has 0 radical (unpaired) electrons. The molecule has 0 aliphatic carbocycles. The zero-order valence-electron chi connectivity index (χ0n) is 14.3. The Bertz CT molecular complexity index is 742. The average Bonchev–Trinajstić information content (AvgIpc) is 3.12. The molecule has 1 N–H and O–H groups in total. The summed E-state index contributed by atoms with van der Waals surface area (Å²) in [5.74, 6) is 1.09. The van der Waals surface area contributed by atoms with Crippen molar-refractivity contribution in [1.29, 1.82) is 0 Å². The lowest BCUT2D eigenvalue weighted by Gasteiger charge is -2.32. The highest BCUT2D eigenvalue weighted by atomic mass is 79.9. The number of likely N-dealkylation sites (tertiary alicyclic amines) is 1. The molecule has 0 saturated carbocycles. The third-order valence-electron chi connectivity index (χ3n) is 4.42. The van der Waals surface area contributed by atoms with Gasteiger partial charge in [-0.1, -0.05) is 18.2 Å². The van der Waals surface area contributed by atoms with Gasteiger partial charge in [-0.3, -0.25) is 9.59 Å². The van der Waals surface area contributed by atoms with Gasteiger partial charge in [0.05, 0.1) is 4.88 Å². The molecule has 2 aromatic rings. The molecule has 3 rings (SSSR count). The van der Waals surface area contributed by atoms with Crippen LogP contribution in [-0.4, -0.2) is 43.0 Å². The Morgan fingerprint density at radius 2 is 1.96 bits per heavy atom. The SMILES string of the molecule is O=C(NCC1CCN(C(=O)COc2ccccc2)CC1)c1cc(Br)cs1. The van der Waals surface area contributed by atoms with Crippen LogP contribution in [0.3, 0.4) is 0 Å². The van der Waals surface area contributed by atoms with Crippen molar-refractivity contribution in [2.75, 3.05) is 26.2 Å². The molecule has 0 spiro atoms. The van der Waals surface area contributed by atoms with Gasteiger partial charge in [0, 0.05) is 29.5 Å². The first-order chi connectivity index (χ1) is 12.6. The zero-order chi connectivity index (χ0) is 18.4. The number of para-hydroxylation sites is 1. The highest BCUT2D eigenvalue weighted by Crippen LogP contribution is 2.20. The summed E-state index contributed by atoms with van der Waals surface area (Å²) in [5, 5.41) is 4.89. The molecule has 2 amide bonds. The van der Waals surface area contributed by atoms with Crippen LogP contribution in [0.5, 0.6) is 5.75 Å². The van der Waals surface area contributed by atoms with Crippen molar-refractivity contribution in [3.63, 3.8) is 0 Å². The summed E-state index contributed by atoms with van der Waals surface area (Å²) >= 11 is 4.79. The van der Waals surface area contributed by atoms with Gasteiger partial charge in [0.25, 0.3) is 11.8 Å². The van der Waals surface area contributed by atoms with Crippen LogP contribution in [0.1, 0.15) is 22.5 Å². The van der Waals surface area contributed by atoms with E-state index >= 15 is 0 Å². The number of carbonyl (C=O) groups is 2. The summed E-state index contributed by atoms with van der Waals surface area (Å²) < 4.78 is 6.45. The normalized spacial score (nSPS) is 14.9. The number of nitrogens with one attached hydrogen (secondary N) is 1. The maximum absolute atomic E-state index is 12.3. The lowest BCUT2D eigenvalue weighted by molar-refractivity contribution is -0.134. The summed E-state index contributed by atoms with van der Waals surface area (Å²) in [5.41, 5.74) is 0. The number of hydrogen-bond donors (Lipinski definition) is 1. The molecule has 5 nitrogen and oxygen atoms in total. The van der Waals surface area contributed by atoms with Crippen molar-refractivity contribution in [2.24, 2.45) is 5.92 Å². The number of hydrogen-bond acceptors (Lipinski definition) is 4. The Hall–Kier alpha value is -1.86. The fourth-order valence-electron chi connectivity index (χ4n) is 2.90. The van der Waals surface area contributed by atoms with E-state index in [1.807, 2.05) is 46.7 Å². The second-order valence-corrected chi connectivity index (χ2v) is 8.09. The van der Waals surface area contributed by atoms with Crippen molar-refractivity contribution < 1.29 is 14.3 Å². The first kappa shape index (κ1) is 18.9. The molecular formula is C19H21BrN2O3S. The summed E-state index contributed by atoms with van der Waals surface area (Å²) in [6, 6.07) is 11.2. The molecule has 0 unspecified atom stereocenters. The minimum atomic E-state index is -0.0320. The van der Waals surface area contributed by atoms with Crippen molar-refractivity contribution in [3.8, 4) is 5.75 Å². The van der Waals surface area contributed by atoms with Crippen LogP contribution >= 0.6 is 27.3 Å². The first-order valence-corrected chi connectivity index (χ1v) is 10.3. The molecule has 0 bridgehead atoms. The number of benzene rings is 1. The Kier molecular flexibility index (Phi) is 6.68. The third-order valence-corrected chi connectivity index (χ3v) is 6.11. The zero-order valence-corrected chi connectivity index (χ0v) is 16.7. The predicted octanol–water partition coefficient (Wildman–Crippen LogP) is 3.56. The second-order valence-electron chi connectivity index (χ2n) is 6.27. The third kappa shape index (κ3) is 5.32. The van der Waals surface area contributed by atoms with Crippen molar-refractivity contribution in [2.45, 2.75) is 12.8 Å². The number of thiophene rings is 1. The number of amides is 2. The van der Waals surface area contributed by atoms with E-state index in [-0.39, 0.29) is 18.4 Å². The van der Waals surface area contributed by atoms with Crippen LogP contribution in [-0.2, 0) is 4.79 Å². The molecule has 1 aromatic carbocycles. The van der Waals surface area contributed by atoms with Crippen LogP contribution in [0.15, 0.2) is 46.3 Å². The molecule has 1 fully saturated rings. The van der Waals surface area contributed by atoms with E-state index in [2.05, 4.69) is 21.2 Å². The minimum Gasteiger partial charge on any atom is -0.484 e. The van der Waals surface area contributed by atoms with Crippen LogP contribution in [0.4, 0.5) is 0 Å². The van der Waals surface area contributed by atoms with Gasteiger partial charge < -0.3 is 15.0 Å². The van der Waals surface area contributed by atoms with Gasteiger partial charge in [-0.2, -0.15) is 0 Å². The summed E-state index contributed by atoms with van der Waals surface area (Å²) in [7, 11) is 0. The van der Waals surface area contributed by atoms with Gasteiger partial charge in [-0.15, -0.1) is 11.3 Å². The van der Waals surface area contributed by atoms with E-state index in [9.17, 15) is 9.59 Å². The highest BCUT2D eigenvalue weighted by Gasteiger charge is 2.23. The van der Waals surface area contributed by atoms with E-state index in [4.69, 9.17) is 4.74 Å². The Morgan fingerprint density at radius 3 is 2.62 bits per heavy atom. The molecule has 1 aromatic heterocycles. The summed E-state index contributed by atoms with van der Waals surface area (Å²) in [6.07, 6.45) is 1.79. The standard InChI is InChI=1S/C19H21BrN2O3S/c20-15-10-17(26-13-15)19(24)21-11-14-6-8-22(9-7-14)18(23)12-25-16-4-2-1-3-5-16/h1-5,10,13-14H,6-9,11-12H2,(H,21,24). The van der Waals surface area contributed by atoms with Crippen LogP contribution in [0, 0.1) is 5.92 Å². The monoisotopic (exact) mass is 436 g/mol. The second kappa shape index (κ2) is 9.19. The molecule has 26 heavy (non-hydrogen) atoms. The van der Waals surface area contributed by atoms with Crippen molar-refractivity contribution in [3.05, 3.63) is 51.1 Å². The lowest BCUT2D eigenvalue weighted by atomic mass is 9.96. The molecule has 1 aliphatic heterocycles. The van der Waals surface area contributed by atoms with Crippen LogP contribution < -0.4 is 10.1 Å². The molecular weight excluding hydrogens is 416 g/mol. The number of halogens is 1. The fourth-order valence-corrected chi connectivity index (χ4v) is 4.24. The van der Waals surface area contributed by atoms with E-state index in [0.29, 0.717) is 36.2 Å². The highest BCUT2D eigenvalue weighted by molar-refractivity contribution is 9.10. The maximum Gasteiger partial charge on any atom is 0.261 e. The van der Waals surface area contributed by atoms with Gasteiger partial charge in [0.15, 0.2) is 6.61 Å². The summed E-state index contributed by atoms with van der Waals surface area (Å²) in [4.78, 5) is 26.9.